The molecule has 1 saturated heterocycles. The number of aliphatic hydroxyl groups excluding tert-OH is 1. The van der Waals surface area contributed by atoms with Gasteiger partial charge in [-0.25, -0.2) is 0 Å². The number of aliphatic hydroxyl groups is 1. The van der Waals surface area contributed by atoms with E-state index in [0.29, 0.717) is 41.6 Å². The van der Waals surface area contributed by atoms with E-state index in [0.717, 1.165) is 0 Å². The smallest absolute Gasteiger partial charge is 0.296 e. The Bertz CT molecular complexity index is 1170. The van der Waals surface area contributed by atoms with E-state index in [1.54, 1.807) is 54.9 Å². The van der Waals surface area contributed by atoms with Crippen LogP contribution in [0.4, 0.5) is 0 Å². The van der Waals surface area contributed by atoms with Crippen molar-refractivity contribution in [2.75, 3.05) is 13.2 Å². The molecule has 0 radical (unpaired) electrons. The lowest BCUT2D eigenvalue weighted by atomic mass is 9.95. The largest absolute Gasteiger partial charge is 0.507 e. The molecule has 0 aliphatic carbocycles. The van der Waals surface area contributed by atoms with Crippen LogP contribution < -0.4 is 9.47 Å². The van der Waals surface area contributed by atoms with Gasteiger partial charge in [0.2, 0.25) is 0 Å². The number of furan rings is 1. The van der Waals surface area contributed by atoms with Gasteiger partial charge in [-0.2, -0.15) is 0 Å². The van der Waals surface area contributed by atoms with E-state index in [1.165, 1.54) is 11.2 Å². The molecule has 0 spiro atoms. The number of likely N-dealkylation sites (tertiary alicyclic amines) is 1. The number of nitrogens with zero attached hydrogens (tertiary/aromatic N) is 2. The number of fused-ring (bicyclic) bond motifs is 1. The predicted molar refractivity (Wildman–Crippen MR) is 108 cm³/mol. The number of pyridine rings is 1. The van der Waals surface area contributed by atoms with Crippen LogP contribution in [0.15, 0.2) is 71.1 Å². The quantitative estimate of drug-likeness (QED) is 0.395. The Labute approximate surface area is 177 Å². The minimum Gasteiger partial charge on any atom is -0.507 e. The van der Waals surface area contributed by atoms with Gasteiger partial charge in [-0.05, 0) is 48.0 Å². The van der Waals surface area contributed by atoms with Gasteiger partial charge < -0.3 is 23.9 Å². The SMILES string of the molecule is O=C1C(=O)N(Cc2ccco2)C(c2ccncc2)/C1=C(\O)c1ccc2c(c1)OCCO2. The fourth-order valence-electron chi connectivity index (χ4n) is 3.85. The molecule has 1 fully saturated rings. The summed E-state index contributed by atoms with van der Waals surface area (Å²) >= 11 is 0. The predicted octanol–water partition coefficient (Wildman–Crippen LogP) is 3.07. The molecule has 2 aliphatic heterocycles. The van der Waals surface area contributed by atoms with Crippen molar-refractivity contribution in [1.82, 2.24) is 9.88 Å². The van der Waals surface area contributed by atoms with Gasteiger partial charge in [-0.3, -0.25) is 14.6 Å². The van der Waals surface area contributed by atoms with Crippen LogP contribution in [0.3, 0.4) is 0 Å². The lowest BCUT2D eigenvalue weighted by molar-refractivity contribution is -0.140. The summed E-state index contributed by atoms with van der Waals surface area (Å²) in [6, 6.07) is 11.0. The monoisotopic (exact) mass is 418 g/mol. The second kappa shape index (κ2) is 7.64. The van der Waals surface area contributed by atoms with E-state index >= 15 is 0 Å². The molecule has 1 amide bonds. The van der Waals surface area contributed by atoms with E-state index in [-0.39, 0.29) is 17.9 Å². The maximum Gasteiger partial charge on any atom is 0.296 e. The summed E-state index contributed by atoms with van der Waals surface area (Å²) in [5.74, 6) is -0.190. The van der Waals surface area contributed by atoms with Gasteiger partial charge >= 0.3 is 0 Å². The first-order valence-electron chi connectivity index (χ1n) is 9.74. The standard InChI is InChI=1S/C23H18N2O6/c26-21(15-3-4-17-18(12-15)31-11-10-30-17)19-20(14-5-7-24-8-6-14)25(23(28)22(19)27)13-16-2-1-9-29-16/h1-9,12,20,26H,10-11,13H2/b21-19+. The van der Waals surface area contributed by atoms with Crippen molar-refractivity contribution in [3.63, 3.8) is 0 Å². The maximum absolute atomic E-state index is 13.0. The van der Waals surface area contributed by atoms with E-state index in [4.69, 9.17) is 13.9 Å². The van der Waals surface area contributed by atoms with Gasteiger partial charge in [0.15, 0.2) is 11.5 Å². The van der Waals surface area contributed by atoms with Crippen LogP contribution in [0.1, 0.15) is 22.9 Å². The first-order chi connectivity index (χ1) is 15.1. The molecule has 2 aromatic heterocycles. The Morgan fingerprint density at radius 3 is 2.58 bits per heavy atom. The molecule has 5 rings (SSSR count). The number of hydrogen-bond acceptors (Lipinski definition) is 7. The molecule has 1 N–H and O–H groups in total. The zero-order chi connectivity index (χ0) is 21.4. The molecule has 8 nitrogen and oxygen atoms in total. The topological polar surface area (TPSA) is 102 Å². The molecule has 4 heterocycles. The van der Waals surface area contributed by atoms with E-state index in [1.807, 2.05) is 0 Å². The van der Waals surface area contributed by atoms with Crippen LogP contribution in [-0.4, -0.2) is 39.9 Å². The van der Waals surface area contributed by atoms with Crippen molar-refractivity contribution in [1.29, 1.82) is 0 Å². The second-order valence-electron chi connectivity index (χ2n) is 7.15. The van der Waals surface area contributed by atoms with Gasteiger partial charge in [0.25, 0.3) is 11.7 Å². The summed E-state index contributed by atoms with van der Waals surface area (Å²) < 4.78 is 16.5. The lowest BCUT2D eigenvalue weighted by Crippen LogP contribution is -2.29. The summed E-state index contributed by atoms with van der Waals surface area (Å²) in [5, 5.41) is 11.1. The molecule has 156 valence electrons. The van der Waals surface area contributed by atoms with Gasteiger partial charge in [-0.15, -0.1) is 0 Å². The second-order valence-corrected chi connectivity index (χ2v) is 7.15. The Balaban J connectivity index is 1.63. The number of ketones is 1. The number of aromatic nitrogens is 1. The average Bonchev–Trinajstić information content (AvgIpc) is 3.41. The number of rotatable bonds is 4. The first-order valence-corrected chi connectivity index (χ1v) is 9.74. The van der Waals surface area contributed by atoms with Gasteiger partial charge in [0.05, 0.1) is 24.4 Å². The minimum absolute atomic E-state index is 0.000524. The number of amides is 1. The maximum atomic E-state index is 13.0. The number of carbonyl (C=O) groups is 2. The van der Waals surface area contributed by atoms with Crippen molar-refractivity contribution >= 4 is 17.4 Å². The fourth-order valence-corrected chi connectivity index (χ4v) is 3.85. The number of hydrogen-bond donors (Lipinski definition) is 1. The van der Waals surface area contributed by atoms with Gasteiger partial charge in [0, 0.05) is 18.0 Å². The molecule has 8 heteroatoms. The molecule has 31 heavy (non-hydrogen) atoms. The molecular weight excluding hydrogens is 400 g/mol. The van der Waals surface area contributed by atoms with Gasteiger partial charge in [-0.1, -0.05) is 0 Å². The highest BCUT2D eigenvalue weighted by atomic mass is 16.6. The normalized spacial score (nSPS) is 19.6. The number of carbonyl (C=O) groups excluding carboxylic acids is 2. The van der Waals surface area contributed by atoms with Gasteiger partial charge in [0.1, 0.15) is 24.7 Å². The third-order valence-corrected chi connectivity index (χ3v) is 5.28. The summed E-state index contributed by atoms with van der Waals surface area (Å²) in [5.41, 5.74) is 1.01. The lowest BCUT2D eigenvalue weighted by Gasteiger charge is -2.24. The van der Waals surface area contributed by atoms with Crippen molar-refractivity contribution in [3.05, 3.63) is 83.6 Å². The summed E-state index contributed by atoms with van der Waals surface area (Å²) in [4.78, 5) is 31.3. The van der Waals surface area contributed by atoms with Crippen molar-refractivity contribution in [3.8, 4) is 11.5 Å². The summed E-state index contributed by atoms with van der Waals surface area (Å²) in [7, 11) is 0. The van der Waals surface area contributed by atoms with Crippen LogP contribution >= 0.6 is 0 Å². The highest BCUT2D eigenvalue weighted by molar-refractivity contribution is 6.46. The minimum atomic E-state index is -0.790. The Morgan fingerprint density at radius 2 is 1.84 bits per heavy atom. The van der Waals surface area contributed by atoms with E-state index in [2.05, 4.69) is 4.98 Å². The van der Waals surface area contributed by atoms with Crippen LogP contribution in [0.5, 0.6) is 11.5 Å². The third-order valence-electron chi connectivity index (χ3n) is 5.28. The molecule has 1 unspecified atom stereocenters. The molecular formula is C23H18N2O6. The van der Waals surface area contributed by atoms with Crippen molar-refractivity contribution in [2.24, 2.45) is 0 Å². The molecule has 1 aromatic carbocycles. The van der Waals surface area contributed by atoms with Crippen molar-refractivity contribution in [2.45, 2.75) is 12.6 Å². The first kappa shape index (κ1) is 18.9. The molecule has 1 atom stereocenters. The Hall–Kier alpha value is -4.07. The zero-order valence-electron chi connectivity index (χ0n) is 16.4. The average molecular weight is 418 g/mol. The summed E-state index contributed by atoms with van der Waals surface area (Å²) in [6.07, 6.45) is 4.65. The third kappa shape index (κ3) is 3.31. The molecule has 3 aromatic rings. The highest BCUT2D eigenvalue weighted by Gasteiger charge is 2.46. The van der Waals surface area contributed by atoms with Crippen LogP contribution in [0, 0.1) is 0 Å². The van der Waals surface area contributed by atoms with Crippen LogP contribution in [0.25, 0.3) is 5.76 Å². The van der Waals surface area contributed by atoms with E-state index in [9.17, 15) is 14.7 Å². The van der Waals surface area contributed by atoms with Crippen LogP contribution in [-0.2, 0) is 16.1 Å². The molecule has 0 saturated carbocycles. The van der Waals surface area contributed by atoms with Crippen molar-refractivity contribution < 1.29 is 28.6 Å². The Morgan fingerprint density at radius 1 is 1.06 bits per heavy atom. The zero-order valence-corrected chi connectivity index (χ0v) is 16.4. The van der Waals surface area contributed by atoms with Crippen LogP contribution in [0.2, 0.25) is 0 Å². The molecule has 2 aliphatic rings. The number of Topliss-reactive ketones (excluding diaryl/α,β-unsaturated/α-hetero) is 1. The fraction of sp³-hybridized carbons (Fsp3) is 0.174. The highest BCUT2D eigenvalue weighted by Crippen LogP contribution is 2.41. The summed E-state index contributed by atoms with van der Waals surface area (Å²) in [6.45, 7) is 0.919. The molecule has 0 bridgehead atoms. The number of ether oxygens (including phenoxy) is 2. The van der Waals surface area contributed by atoms with E-state index < -0.39 is 17.7 Å². The Kier molecular flexibility index (Phi) is 4.66. The number of benzene rings is 1.